The first-order valence-corrected chi connectivity index (χ1v) is 7.74. The number of nitrogens with zero attached hydrogens (tertiary/aromatic N) is 1. The Morgan fingerprint density at radius 2 is 2.09 bits per heavy atom. The summed E-state index contributed by atoms with van der Waals surface area (Å²) >= 11 is 0. The molecule has 22 heavy (non-hydrogen) atoms. The monoisotopic (exact) mass is 308 g/mol. The minimum absolute atomic E-state index is 0.234. The van der Waals surface area contributed by atoms with Crippen molar-refractivity contribution >= 4 is 5.91 Å². The van der Waals surface area contributed by atoms with Gasteiger partial charge in [0.25, 0.3) is 5.91 Å². The van der Waals surface area contributed by atoms with Crippen LogP contribution in [0.2, 0.25) is 0 Å². The molecule has 122 valence electrons. The number of nitrogens with two attached hydrogens (primary N) is 1. The lowest BCUT2D eigenvalue weighted by atomic mass is 9.83. The van der Waals surface area contributed by atoms with Crippen LogP contribution in [-0.2, 0) is 4.79 Å². The number of hydrogen-bond acceptors (Lipinski definition) is 3. The van der Waals surface area contributed by atoms with Crippen molar-refractivity contribution in [3.8, 4) is 0 Å². The average molecular weight is 308 g/mol. The molecule has 1 amide bonds. The van der Waals surface area contributed by atoms with Crippen molar-refractivity contribution in [3.63, 3.8) is 0 Å². The van der Waals surface area contributed by atoms with Crippen LogP contribution in [0.25, 0.3) is 0 Å². The third kappa shape index (κ3) is 3.15. The number of amides is 1. The first-order chi connectivity index (χ1) is 10.3. The molecule has 0 bridgehead atoms. The lowest BCUT2D eigenvalue weighted by Crippen LogP contribution is -2.45. The van der Waals surface area contributed by atoms with Crippen LogP contribution in [0, 0.1) is 11.2 Å². The second kappa shape index (κ2) is 6.34. The van der Waals surface area contributed by atoms with E-state index in [1.165, 1.54) is 6.07 Å². The molecule has 1 saturated heterocycles. The molecular weight excluding hydrogens is 283 g/mol. The topological polar surface area (TPSA) is 66.6 Å². The van der Waals surface area contributed by atoms with Crippen LogP contribution in [-0.4, -0.2) is 41.1 Å². The van der Waals surface area contributed by atoms with Crippen molar-refractivity contribution in [2.24, 2.45) is 11.1 Å². The number of carbonyl (C=O) groups is 1. The van der Waals surface area contributed by atoms with Crippen LogP contribution in [0.15, 0.2) is 24.3 Å². The number of likely N-dealkylation sites (tertiary alicyclic amines) is 1. The van der Waals surface area contributed by atoms with Gasteiger partial charge in [-0.15, -0.1) is 0 Å². The molecule has 0 saturated carbocycles. The molecule has 1 heterocycles. The molecule has 1 aliphatic heterocycles. The second-order valence-electron chi connectivity index (χ2n) is 6.78. The molecule has 1 aromatic carbocycles. The summed E-state index contributed by atoms with van der Waals surface area (Å²) in [6, 6.07) is 6.19. The summed E-state index contributed by atoms with van der Waals surface area (Å²) in [4.78, 5) is 14.0. The van der Waals surface area contributed by atoms with Gasteiger partial charge < -0.3 is 15.7 Å². The van der Waals surface area contributed by atoms with E-state index in [4.69, 9.17) is 5.73 Å². The summed E-state index contributed by atoms with van der Waals surface area (Å²) in [6.07, 6.45) is -0.375. The fourth-order valence-corrected chi connectivity index (χ4v) is 2.81. The highest BCUT2D eigenvalue weighted by atomic mass is 19.1. The number of rotatable bonds is 4. The van der Waals surface area contributed by atoms with E-state index in [0.29, 0.717) is 25.1 Å². The zero-order valence-corrected chi connectivity index (χ0v) is 13.4. The third-order valence-electron chi connectivity index (χ3n) is 4.87. The fourth-order valence-electron chi connectivity index (χ4n) is 2.81. The van der Waals surface area contributed by atoms with Crippen LogP contribution in [0.5, 0.6) is 0 Å². The van der Waals surface area contributed by atoms with Crippen molar-refractivity contribution in [2.45, 2.75) is 45.3 Å². The lowest BCUT2D eigenvalue weighted by Gasteiger charge is -2.31. The van der Waals surface area contributed by atoms with Crippen molar-refractivity contribution in [3.05, 3.63) is 35.6 Å². The van der Waals surface area contributed by atoms with Gasteiger partial charge in [0.05, 0.1) is 0 Å². The van der Waals surface area contributed by atoms with E-state index in [-0.39, 0.29) is 23.7 Å². The minimum atomic E-state index is -1.07. The van der Waals surface area contributed by atoms with Gasteiger partial charge in [0.2, 0.25) is 0 Å². The maximum Gasteiger partial charge on any atom is 0.252 e. The summed E-state index contributed by atoms with van der Waals surface area (Å²) < 4.78 is 13.9. The number of aliphatic hydroxyl groups is 1. The van der Waals surface area contributed by atoms with Crippen molar-refractivity contribution in [1.29, 1.82) is 0 Å². The maximum atomic E-state index is 13.9. The van der Waals surface area contributed by atoms with Gasteiger partial charge in [-0.25, -0.2) is 4.39 Å². The molecule has 1 aliphatic rings. The number of aliphatic hydroxyl groups excluding tert-OH is 1. The van der Waals surface area contributed by atoms with Gasteiger partial charge in [-0.1, -0.05) is 39.0 Å². The molecule has 1 fully saturated rings. The fraction of sp³-hybridized carbons (Fsp3) is 0.588. The highest BCUT2D eigenvalue weighted by Crippen LogP contribution is 2.31. The SMILES string of the molecule is CCC(C)(C)C(O)C(=O)N1C[C@@H](N)[C@H](c2ccccc2F)C1. The van der Waals surface area contributed by atoms with Gasteiger partial charge in [0.15, 0.2) is 0 Å². The molecule has 2 rings (SSSR count). The largest absolute Gasteiger partial charge is 0.383 e. The standard InChI is InChI=1S/C17H25FN2O2/c1-4-17(2,3)15(21)16(22)20-9-12(14(19)10-20)11-7-5-6-8-13(11)18/h5-8,12,14-15,21H,4,9-10,19H2,1-3H3/t12-,14+,15?/m0/s1. The van der Waals surface area contributed by atoms with Crippen molar-refractivity contribution < 1.29 is 14.3 Å². The molecule has 0 spiro atoms. The molecule has 1 aromatic rings. The predicted octanol–water partition coefficient (Wildman–Crippen LogP) is 1.88. The zero-order valence-electron chi connectivity index (χ0n) is 13.4. The number of carbonyl (C=O) groups excluding carboxylic acids is 1. The molecule has 5 heteroatoms. The Kier molecular flexibility index (Phi) is 4.87. The Labute approximate surface area is 131 Å². The summed E-state index contributed by atoms with van der Waals surface area (Å²) in [7, 11) is 0. The van der Waals surface area contributed by atoms with E-state index >= 15 is 0 Å². The van der Waals surface area contributed by atoms with E-state index in [9.17, 15) is 14.3 Å². The van der Waals surface area contributed by atoms with Crippen molar-refractivity contribution in [2.75, 3.05) is 13.1 Å². The van der Waals surface area contributed by atoms with Gasteiger partial charge in [0.1, 0.15) is 11.9 Å². The Bertz CT molecular complexity index is 547. The molecular formula is C17H25FN2O2. The van der Waals surface area contributed by atoms with Gasteiger partial charge >= 0.3 is 0 Å². The second-order valence-corrected chi connectivity index (χ2v) is 6.78. The zero-order chi connectivity index (χ0) is 16.5. The Hall–Kier alpha value is -1.46. The molecule has 3 atom stereocenters. The number of halogens is 1. The predicted molar refractivity (Wildman–Crippen MR) is 83.8 cm³/mol. The van der Waals surface area contributed by atoms with E-state index in [0.717, 1.165) is 0 Å². The van der Waals surface area contributed by atoms with Crippen molar-refractivity contribution in [1.82, 2.24) is 4.90 Å². The highest BCUT2D eigenvalue weighted by Gasteiger charge is 2.40. The van der Waals surface area contributed by atoms with E-state index < -0.39 is 11.5 Å². The third-order valence-corrected chi connectivity index (χ3v) is 4.87. The molecule has 0 aromatic heterocycles. The first kappa shape index (κ1) is 16.9. The van der Waals surface area contributed by atoms with Gasteiger partial charge in [-0.2, -0.15) is 0 Å². The number of hydrogen-bond donors (Lipinski definition) is 2. The first-order valence-electron chi connectivity index (χ1n) is 7.74. The van der Waals surface area contributed by atoms with Crippen LogP contribution in [0.1, 0.15) is 38.7 Å². The lowest BCUT2D eigenvalue weighted by molar-refractivity contribution is -0.145. The summed E-state index contributed by atoms with van der Waals surface area (Å²) in [5, 5.41) is 10.3. The Morgan fingerprint density at radius 3 is 2.68 bits per heavy atom. The average Bonchev–Trinajstić information content (AvgIpc) is 2.88. The summed E-state index contributed by atoms with van der Waals surface area (Å²) in [5.41, 5.74) is 6.16. The van der Waals surface area contributed by atoms with Crippen LogP contribution in [0.3, 0.4) is 0 Å². The molecule has 0 aliphatic carbocycles. The quantitative estimate of drug-likeness (QED) is 0.892. The maximum absolute atomic E-state index is 13.9. The van der Waals surface area contributed by atoms with Gasteiger partial charge in [-0.3, -0.25) is 4.79 Å². The summed E-state index contributed by atoms with van der Waals surface area (Å²) in [6.45, 7) is 6.35. The molecule has 4 nitrogen and oxygen atoms in total. The molecule has 1 unspecified atom stereocenters. The molecule has 3 N–H and O–H groups in total. The Balaban J connectivity index is 2.14. The van der Waals surface area contributed by atoms with E-state index in [2.05, 4.69) is 0 Å². The van der Waals surface area contributed by atoms with Crippen LogP contribution < -0.4 is 5.73 Å². The Morgan fingerprint density at radius 1 is 1.45 bits per heavy atom. The van der Waals surface area contributed by atoms with E-state index in [1.807, 2.05) is 20.8 Å². The summed E-state index contributed by atoms with van der Waals surface area (Å²) in [5.74, 6) is -0.852. The van der Waals surface area contributed by atoms with E-state index in [1.54, 1.807) is 23.1 Å². The minimum Gasteiger partial charge on any atom is -0.383 e. The highest BCUT2D eigenvalue weighted by molar-refractivity contribution is 5.82. The molecule has 0 radical (unpaired) electrons. The normalized spacial score (nSPS) is 23.6. The van der Waals surface area contributed by atoms with Crippen LogP contribution >= 0.6 is 0 Å². The number of benzene rings is 1. The smallest absolute Gasteiger partial charge is 0.252 e. The van der Waals surface area contributed by atoms with Gasteiger partial charge in [0, 0.05) is 25.0 Å². The van der Waals surface area contributed by atoms with Crippen LogP contribution in [0.4, 0.5) is 4.39 Å². The van der Waals surface area contributed by atoms with Gasteiger partial charge in [-0.05, 0) is 23.5 Å².